The molecule has 0 N–H and O–H groups in total. The molecule has 1 heterocycles. The van der Waals surface area contributed by atoms with Crippen LogP contribution in [0.3, 0.4) is 0 Å². The van der Waals surface area contributed by atoms with Gasteiger partial charge in [0.2, 0.25) is 10.0 Å². The lowest BCUT2D eigenvalue weighted by Crippen LogP contribution is -2.50. The Kier molecular flexibility index (Phi) is 5.01. The third-order valence-electron chi connectivity index (χ3n) is 4.23. The van der Waals surface area contributed by atoms with Crippen LogP contribution >= 0.6 is 0 Å². The molecule has 2 aromatic rings. The lowest BCUT2D eigenvalue weighted by molar-refractivity contribution is -0.387. The molecule has 0 atom stereocenters. The zero-order valence-electron chi connectivity index (χ0n) is 13.8. The number of nitrogens with zero attached hydrogens (tertiary/aromatic N) is 3. The van der Waals surface area contributed by atoms with E-state index in [2.05, 4.69) is 0 Å². The van der Waals surface area contributed by atoms with Crippen LogP contribution in [0.4, 0.5) is 5.69 Å². The Labute approximate surface area is 150 Å². The van der Waals surface area contributed by atoms with Crippen molar-refractivity contribution < 1.29 is 18.1 Å². The molecule has 3 rings (SSSR count). The van der Waals surface area contributed by atoms with Gasteiger partial charge in [0.1, 0.15) is 0 Å². The van der Waals surface area contributed by atoms with Crippen LogP contribution in [0.1, 0.15) is 10.4 Å². The number of hydrogen-bond donors (Lipinski definition) is 0. The molecule has 0 saturated carbocycles. The van der Waals surface area contributed by atoms with E-state index in [1.165, 1.54) is 28.6 Å². The number of rotatable bonds is 4. The van der Waals surface area contributed by atoms with Gasteiger partial charge in [0.25, 0.3) is 11.6 Å². The van der Waals surface area contributed by atoms with Crippen LogP contribution in [0.25, 0.3) is 0 Å². The number of para-hydroxylation sites is 1. The predicted octanol–water partition coefficient (Wildman–Crippen LogP) is 1.74. The lowest BCUT2D eigenvalue weighted by atomic mass is 10.2. The first-order chi connectivity index (χ1) is 12.4. The number of benzene rings is 2. The molecule has 0 spiro atoms. The van der Waals surface area contributed by atoms with Crippen molar-refractivity contribution in [2.24, 2.45) is 0 Å². The number of sulfonamides is 1. The monoisotopic (exact) mass is 375 g/mol. The van der Waals surface area contributed by atoms with Crippen LogP contribution in [0.15, 0.2) is 59.5 Å². The molecular formula is C17H17N3O5S. The maximum Gasteiger partial charge on any atom is 0.289 e. The van der Waals surface area contributed by atoms with Gasteiger partial charge in [-0.2, -0.15) is 4.31 Å². The van der Waals surface area contributed by atoms with Crippen molar-refractivity contribution in [3.05, 3.63) is 70.3 Å². The lowest BCUT2D eigenvalue weighted by Gasteiger charge is -2.34. The normalized spacial score (nSPS) is 15.6. The van der Waals surface area contributed by atoms with E-state index in [9.17, 15) is 23.3 Å². The molecule has 26 heavy (non-hydrogen) atoms. The number of amides is 1. The van der Waals surface area contributed by atoms with Crippen molar-refractivity contribution in [2.75, 3.05) is 26.2 Å². The fourth-order valence-electron chi connectivity index (χ4n) is 2.86. The maximum absolute atomic E-state index is 12.8. The summed E-state index contributed by atoms with van der Waals surface area (Å²) in [5.74, 6) is -0.159. The summed E-state index contributed by atoms with van der Waals surface area (Å²) in [6.45, 7) is 0.640. The Hall–Kier alpha value is -2.78. The second kappa shape index (κ2) is 7.22. The summed E-state index contributed by atoms with van der Waals surface area (Å²) in [4.78, 5) is 24.1. The van der Waals surface area contributed by atoms with Gasteiger partial charge in [0.15, 0.2) is 4.90 Å². The van der Waals surface area contributed by atoms with Crippen LogP contribution in [-0.2, 0) is 10.0 Å². The van der Waals surface area contributed by atoms with Crippen molar-refractivity contribution in [3.63, 3.8) is 0 Å². The molecule has 1 amide bonds. The van der Waals surface area contributed by atoms with Crippen molar-refractivity contribution in [2.45, 2.75) is 4.90 Å². The van der Waals surface area contributed by atoms with Gasteiger partial charge < -0.3 is 4.90 Å². The molecule has 1 aliphatic rings. The highest BCUT2D eigenvalue weighted by molar-refractivity contribution is 7.89. The number of nitro benzene ring substituents is 1. The average molecular weight is 375 g/mol. The molecule has 1 saturated heterocycles. The summed E-state index contributed by atoms with van der Waals surface area (Å²) in [5.41, 5.74) is 0.0952. The van der Waals surface area contributed by atoms with Crippen LogP contribution in [0.2, 0.25) is 0 Å². The first-order valence-corrected chi connectivity index (χ1v) is 9.43. The molecule has 0 aliphatic carbocycles. The summed E-state index contributed by atoms with van der Waals surface area (Å²) in [6, 6.07) is 14.0. The van der Waals surface area contributed by atoms with Crippen LogP contribution in [0, 0.1) is 10.1 Å². The third kappa shape index (κ3) is 3.44. The van der Waals surface area contributed by atoms with E-state index in [1.54, 1.807) is 29.2 Å². The fourth-order valence-corrected chi connectivity index (χ4v) is 4.44. The van der Waals surface area contributed by atoms with Gasteiger partial charge in [0, 0.05) is 37.8 Å². The van der Waals surface area contributed by atoms with E-state index in [1.807, 2.05) is 6.07 Å². The maximum atomic E-state index is 12.8. The van der Waals surface area contributed by atoms with Crippen molar-refractivity contribution in [3.8, 4) is 0 Å². The van der Waals surface area contributed by atoms with Crippen LogP contribution in [-0.4, -0.2) is 54.6 Å². The van der Waals surface area contributed by atoms with E-state index in [0.717, 1.165) is 0 Å². The molecule has 1 aliphatic heterocycles. The predicted molar refractivity (Wildman–Crippen MR) is 94.2 cm³/mol. The SMILES string of the molecule is O=C(c1ccccc1)N1CCN(S(=O)(=O)c2ccccc2[N+](=O)[O-])CC1. The van der Waals surface area contributed by atoms with Crippen LogP contribution in [0.5, 0.6) is 0 Å². The third-order valence-corrected chi connectivity index (χ3v) is 6.17. The van der Waals surface area contributed by atoms with E-state index in [0.29, 0.717) is 5.56 Å². The number of piperazine rings is 1. The quantitative estimate of drug-likeness (QED) is 0.598. The molecule has 0 radical (unpaired) electrons. The van der Waals surface area contributed by atoms with Gasteiger partial charge in [-0.1, -0.05) is 30.3 Å². The highest BCUT2D eigenvalue weighted by Crippen LogP contribution is 2.27. The standard InChI is InChI=1S/C17H17N3O5S/c21-17(14-6-2-1-3-7-14)18-10-12-19(13-11-18)26(24,25)16-9-5-4-8-15(16)20(22)23/h1-9H,10-13H2. The second-order valence-corrected chi connectivity index (χ2v) is 7.69. The molecule has 9 heteroatoms. The topological polar surface area (TPSA) is 101 Å². The minimum absolute atomic E-state index is 0.0902. The smallest absolute Gasteiger partial charge is 0.289 e. The zero-order chi connectivity index (χ0) is 18.7. The highest BCUT2D eigenvalue weighted by atomic mass is 32.2. The van der Waals surface area contributed by atoms with Gasteiger partial charge in [-0.25, -0.2) is 8.42 Å². The largest absolute Gasteiger partial charge is 0.336 e. The Balaban J connectivity index is 1.76. The van der Waals surface area contributed by atoms with Gasteiger partial charge in [-0.3, -0.25) is 14.9 Å². The first kappa shape index (κ1) is 18.0. The highest BCUT2D eigenvalue weighted by Gasteiger charge is 2.34. The van der Waals surface area contributed by atoms with E-state index < -0.39 is 20.6 Å². The first-order valence-electron chi connectivity index (χ1n) is 7.99. The van der Waals surface area contributed by atoms with Gasteiger partial charge >= 0.3 is 0 Å². The number of carbonyl (C=O) groups is 1. The minimum atomic E-state index is -4.00. The summed E-state index contributed by atoms with van der Waals surface area (Å²) >= 11 is 0. The Bertz CT molecular complexity index is 922. The molecule has 8 nitrogen and oxygen atoms in total. The molecular weight excluding hydrogens is 358 g/mol. The van der Waals surface area contributed by atoms with Crippen molar-refractivity contribution in [1.82, 2.24) is 9.21 Å². The van der Waals surface area contributed by atoms with E-state index in [4.69, 9.17) is 0 Å². The minimum Gasteiger partial charge on any atom is -0.336 e. The molecule has 0 unspecified atom stereocenters. The number of carbonyl (C=O) groups excluding carboxylic acids is 1. The number of nitro groups is 1. The van der Waals surface area contributed by atoms with Crippen molar-refractivity contribution in [1.29, 1.82) is 0 Å². The van der Waals surface area contributed by atoms with Gasteiger partial charge in [-0.05, 0) is 18.2 Å². The Morgan fingerprint density at radius 3 is 2.12 bits per heavy atom. The molecule has 0 aromatic heterocycles. The van der Waals surface area contributed by atoms with E-state index in [-0.39, 0.29) is 37.0 Å². The van der Waals surface area contributed by atoms with E-state index >= 15 is 0 Å². The van der Waals surface area contributed by atoms with Gasteiger partial charge in [-0.15, -0.1) is 0 Å². The average Bonchev–Trinajstić information content (AvgIpc) is 2.68. The van der Waals surface area contributed by atoms with Crippen molar-refractivity contribution >= 4 is 21.6 Å². The fraction of sp³-hybridized carbons (Fsp3) is 0.235. The molecule has 1 fully saturated rings. The Morgan fingerprint density at radius 1 is 0.923 bits per heavy atom. The molecule has 2 aromatic carbocycles. The summed E-state index contributed by atoms with van der Waals surface area (Å²) in [5, 5.41) is 11.1. The van der Waals surface area contributed by atoms with Gasteiger partial charge in [0.05, 0.1) is 4.92 Å². The zero-order valence-corrected chi connectivity index (χ0v) is 14.6. The summed E-state index contributed by atoms with van der Waals surface area (Å²) < 4.78 is 26.7. The summed E-state index contributed by atoms with van der Waals surface area (Å²) in [7, 11) is -4.00. The summed E-state index contributed by atoms with van der Waals surface area (Å²) in [6.07, 6.45) is 0. The Morgan fingerprint density at radius 2 is 1.50 bits per heavy atom. The van der Waals surface area contributed by atoms with Crippen LogP contribution < -0.4 is 0 Å². The molecule has 136 valence electrons. The second-order valence-electron chi connectivity index (χ2n) is 5.79. The molecule has 0 bridgehead atoms. The number of hydrogen-bond acceptors (Lipinski definition) is 5.